The maximum atomic E-state index is 12.3. The smallest absolute Gasteiger partial charge is 0.227 e. The number of nitrogens with one attached hydrogen (secondary N) is 1. The first kappa shape index (κ1) is 15.8. The predicted octanol–water partition coefficient (Wildman–Crippen LogP) is 3.34. The van der Waals surface area contributed by atoms with Crippen LogP contribution >= 0.6 is 0 Å². The van der Waals surface area contributed by atoms with Gasteiger partial charge in [-0.05, 0) is 43.9 Å². The minimum atomic E-state index is -0.0977. The van der Waals surface area contributed by atoms with Gasteiger partial charge in [-0.2, -0.15) is 0 Å². The molecule has 1 aromatic rings. The Hall–Kier alpha value is -1.55. The quantitative estimate of drug-likeness (QED) is 0.874. The molecule has 2 unspecified atom stereocenters. The van der Waals surface area contributed by atoms with Gasteiger partial charge < -0.3 is 15.2 Å². The van der Waals surface area contributed by atoms with Crippen LogP contribution < -0.4 is 10.1 Å². The first-order valence-electron chi connectivity index (χ1n) is 7.81. The molecule has 0 heterocycles. The highest BCUT2D eigenvalue weighted by molar-refractivity contribution is 5.92. The SMILES string of the molecule is CCOc1ccc(NC(=O)C2CCCC(C)C2)cc1CO. The van der Waals surface area contributed by atoms with Crippen LogP contribution in [0.3, 0.4) is 0 Å². The molecular formula is C17H25NO3. The van der Waals surface area contributed by atoms with E-state index < -0.39 is 0 Å². The molecule has 1 saturated carbocycles. The number of carbonyl (C=O) groups excluding carboxylic acids is 1. The van der Waals surface area contributed by atoms with E-state index in [4.69, 9.17) is 4.74 Å². The molecule has 0 aliphatic heterocycles. The van der Waals surface area contributed by atoms with Gasteiger partial charge in [0.2, 0.25) is 5.91 Å². The number of amides is 1. The van der Waals surface area contributed by atoms with Crippen LogP contribution in [-0.2, 0) is 11.4 Å². The number of anilines is 1. The molecule has 4 heteroatoms. The summed E-state index contributed by atoms with van der Waals surface area (Å²) in [6.07, 6.45) is 4.29. The molecule has 1 aliphatic rings. The van der Waals surface area contributed by atoms with E-state index in [1.807, 2.05) is 13.0 Å². The van der Waals surface area contributed by atoms with Crippen molar-refractivity contribution in [3.05, 3.63) is 23.8 Å². The van der Waals surface area contributed by atoms with Gasteiger partial charge in [0, 0.05) is 17.2 Å². The number of rotatable bonds is 5. The van der Waals surface area contributed by atoms with Crippen LogP contribution in [0.1, 0.15) is 45.1 Å². The van der Waals surface area contributed by atoms with E-state index in [0.29, 0.717) is 23.8 Å². The molecule has 1 amide bonds. The molecule has 116 valence electrons. The molecule has 0 aromatic heterocycles. The Morgan fingerprint density at radius 1 is 1.43 bits per heavy atom. The lowest BCUT2D eigenvalue weighted by Gasteiger charge is -2.25. The van der Waals surface area contributed by atoms with Gasteiger partial charge in [0.1, 0.15) is 5.75 Å². The number of hydrogen-bond acceptors (Lipinski definition) is 3. The third-order valence-corrected chi connectivity index (χ3v) is 4.11. The van der Waals surface area contributed by atoms with Crippen LogP contribution in [-0.4, -0.2) is 17.6 Å². The highest BCUT2D eigenvalue weighted by atomic mass is 16.5. The number of hydrogen-bond donors (Lipinski definition) is 2. The van der Waals surface area contributed by atoms with Gasteiger partial charge in [-0.3, -0.25) is 4.79 Å². The summed E-state index contributed by atoms with van der Waals surface area (Å²) in [4.78, 5) is 12.3. The fourth-order valence-corrected chi connectivity index (χ4v) is 2.99. The summed E-state index contributed by atoms with van der Waals surface area (Å²) in [6.45, 7) is 4.57. The van der Waals surface area contributed by atoms with E-state index in [1.165, 1.54) is 6.42 Å². The predicted molar refractivity (Wildman–Crippen MR) is 83.3 cm³/mol. The molecule has 2 N–H and O–H groups in total. The second-order valence-electron chi connectivity index (χ2n) is 5.87. The molecule has 21 heavy (non-hydrogen) atoms. The summed E-state index contributed by atoms with van der Waals surface area (Å²) in [5, 5.41) is 12.4. The van der Waals surface area contributed by atoms with Crippen molar-refractivity contribution in [3.8, 4) is 5.75 Å². The second-order valence-corrected chi connectivity index (χ2v) is 5.87. The minimum absolute atomic E-state index is 0.0922. The molecule has 1 fully saturated rings. The molecule has 1 aliphatic carbocycles. The van der Waals surface area contributed by atoms with Gasteiger partial charge in [0.25, 0.3) is 0 Å². The van der Waals surface area contributed by atoms with Crippen LogP contribution in [0, 0.1) is 11.8 Å². The zero-order chi connectivity index (χ0) is 15.2. The van der Waals surface area contributed by atoms with Crippen LogP contribution in [0.2, 0.25) is 0 Å². The Kier molecular flexibility index (Phi) is 5.62. The zero-order valence-corrected chi connectivity index (χ0v) is 12.9. The van der Waals surface area contributed by atoms with Crippen molar-refractivity contribution in [1.29, 1.82) is 0 Å². The monoisotopic (exact) mass is 291 g/mol. The first-order valence-corrected chi connectivity index (χ1v) is 7.81. The van der Waals surface area contributed by atoms with E-state index in [-0.39, 0.29) is 18.4 Å². The third-order valence-electron chi connectivity index (χ3n) is 4.11. The number of aliphatic hydroxyl groups is 1. The average molecular weight is 291 g/mol. The van der Waals surface area contributed by atoms with Crippen LogP contribution in [0.15, 0.2) is 18.2 Å². The normalized spacial score (nSPS) is 21.9. The van der Waals surface area contributed by atoms with E-state index in [9.17, 15) is 9.90 Å². The van der Waals surface area contributed by atoms with Crippen molar-refractivity contribution >= 4 is 11.6 Å². The standard InChI is InChI=1S/C17H25NO3/c1-3-21-16-8-7-15(10-14(16)11-19)18-17(20)13-6-4-5-12(2)9-13/h7-8,10,12-13,19H,3-6,9,11H2,1-2H3,(H,18,20). The number of aliphatic hydroxyl groups excluding tert-OH is 1. The molecule has 2 atom stereocenters. The van der Waals surface area contributed by atoms with Gasteiger partial charge in [-0.25, -0.2) is 0 Å². The lowest BCUT2D eigenvalue weighted by Crippen LogP contribution is -2.27. The summed E-state index contributed by atoms with van der Waals surface area (Å²) in [6, 6.07) is 5.41. The van der Waals surface area contributed by atoms with Crippen molar-refractivity contribution in [1.82, 2.24) is 0 Å². The van der Waals surface area contributed by atoms with E-state index in [1.54, 1.807) is 12.1 Å². The summed E-state index contributed by atoms with van der Waals surface area (Å²) in [5.74, 6) is 1.50. The Morgan fingerprint density at radius 2 is 2.24 bits per heavy atom. The van der Waals surface area contributed by atoms with E-state index in [2.05, 4.69) is 12.2 Å². The maximum Gasteiger partial charge on any atom is 0.227 e. The van der Waals surface area contributed by atoms with Gasteiger partial charge in [-0.1, -0.05) is 19.8 Å². The summed E-state index contributed by atoms with van der Waals surface area (Å²) in [5.41, 5.74) is 1.43. The van der Waals surface area contributed by atoms with Crippen molar-refractivity contribution < 1.29 is 14.6 Å². The molecule has 0 radical (unpaired) electrons. The Morgan fingerprint density at radius 3 is 2.90 bits per heavy atom. The van der Waals surface area contributed by atoms with Crippen molar-refractivity contribution in [2.45, 2.75) is 46.1 Å². The largest absolute Gasteiger partial charge is 0.494 e. The van der Waals surface area contributed by atoms with Gasteiger partial charge in [0.05, 0.1) is 13.2 Å². The summed E-state index contributed by atoms with van der Waals surface area (Å²) < 4.78 is 5.45. The van der Waals surface area contributed by atoms with E-state index >= 15 is 0 Å². The lowest BCUT2D eigenvalue weighted by molar-refractivity contribution is -0.121. The van der Waals surface area contributed by atoms with Crippen LogP contribution in [0.25, 0.3) is 0 Å². The Balaban J connectivity index is 2.03. The van der Waals surface area contributed by atoms with Crippen LogP contribution in [0.4, 0.5) is 5.69 Å². The molecule has 0 saturated heterocycles. The first-order chi connectivity index (χ1) is 10.1. The highest BCUT2D eigenvalue weighted by Gasteiger charge is 2.25. The van der Waals surface area contributed by atoms with Gasteiger partial charge in [-0.15, -0.1) is 0 Å². The van der Waals surface area contributed by atoms with E-state index in [0.717, 1.165) is 24.9 Å². The topological polar surface area (TPSA) is 58.6 Å². The molecule has 0 spiro atoms. The third kappa shape index (κ3) is 4.21. The fraction of sp³-hybridized carbons (Fsp3) is 0.588. The highest BCUT2D eigenvalue weighted by Crippen LogP contribution is 2.30. The van der Waals surface area contributed by atoms with Crippen molar-refractivity contribution in [2.75, 3.05) is 11.9 Å². The van der Waals surface area contributed by atoms with Gasteiger partial charge >= 0.3 is 0 Å². The second kappa shape index (κ2) is 7.46. The number of carbonyl (C=O) groups is 1. The van der Waals surface area contributed by atoms with Crippen LogP contribution in [0.5, 0.6) is 5.75 Å². The molecule has 1 aromatic carbocycles. The zero-order valence-electron chi connectivity index (χ0n) is 12.9. The molecular weight excluding hydrogens is 266 g/mol. The molecule has 4 nitrogen and oxygen atoms in total. The maximum absolute atomic E-state index is 12.3. The molecule has 0 bridgehead atoms. The average Bonchev–Trinajstić information content (AvgIpc) is 2.49. The lowest BCUT2D eigenvalue weighted by atomic mass is 9.82. The Labute approximate surface area is 126 Å². The van der Waals surface area contributed by atoms with Crippen molar-refractivity contribution in [2.24, 2.45) is 11.8 Å². The summed E-state index contributed by atoms with van der Waals surface area (Å²) in [7, 11) is 0. The fourth-order valence-electron chi connectivity index (χ4n) is 2.99. The Bertz CT molecular complexity index is 487. The number of ether oxygens (including phenoxy) is 1. The van der Waals surface area contributed by atoms with Crippen molar-refractivity contribution in [3.63, 3.8) is 0 Å². The number of benzene rings is 1. The minimum Gasteiger partial charge on any atom is -0.494 e. The van der Waals surface area contributed by atoms with Gasteiger partial charge in [0.15, 0.2) is 0 Å². The molecule has 2 rings (SSSR count). The summed E-state index contributed by atoms with van der Waals surface area (Å²) >= 11 is 0.